The summed E-state index contributed by atoms with van der Waals surface area (Å²) in [5.74, 6) is -0.521. The van der Waals surface area contributed by atoms with Gasteiger partial charge >= 0.3 is 6.09 Å². The van der Waals surface area contributed by atoms with E-state index >= 15 is 0 Å². The second kappa shape index (κ2) is 7.59. The molecule has 0 saturated carbocycles. The number of non-ortho nitro benzene ring substituents is 1. The molecular weight excluding hydrogens is 440 g/mol. The smallest absolute Gasteiger partial charge is 0.417 e. The summed E-state index contributed by atoms with van der Waals surface area (Å²) < 4.78 is 24.6. The fraction of sp³-hybridized carbons (Fsp3) is 0.333. The molecule has 3 atom stereocenters. The molecule has 0 bridgehead atoms. The molecule has 10 nitrogen and oxygen atoms in total. The zero-order valence-corrected chi connectivity index (χ0v) is 18.3. The molecule has 2 aliphatic rings. The standard InChI is InChI=1S/C21H20N2O8S/c1-21(2,3)31-20(26)22-16(25)10-15-18(22)17-14(30-15)9-8-13(24)19(17)32(29)12-6-4-11(5-7-12)23(27)28/h4-9,15,18,24H,10H2,1-3H3/t15-,18+,32+/m1/s1. The lowest BCUT2D eigenvalue weighted by Gasteiger charge is -2.27. The van der Waals surface area contributed by atoms with Crippen molar-refractivity contribution in [2.24, 2.45) is 0 Å². The Labute approximate surface area is 185 Å². The molecule has 168 valence electrons. The molecule has 2 aliphatic heterocycles. The number of likely N-dealkylation sites (tertiary alicyclic amines) is 1. The molecule has 4 rings (SSSR count). The third kappa shape index (κ3) is 3.68. The molecule has 32 heavy (non-hydrogen) atoms. The van der Waals surface area contributed by atoms with E-state index in [9.17, 15) is 29.0 Å². The minimum absolute atomic E-state index is 0.0212. The Morgan fingerprint density at radius 2 is 1.91 bits per heavy atom. The number of nitro groups is 1. The predicted octanol–water partition coefficient (Wildman–Crippen LogP) is 3.44. The van der Waals surface area contributed by atoms with Gasteiger partial charge in [-0.2, -0.15) is 0 Å². The lowest BCUT2D eigenvalue weighted by Crippen LogP contribution is -2.39. The fourth-order valence-electron chi connectivity index (χ4n) is 3.77. The molecular formula is C21H20N2O8S. The maximum Gasteiger partial charge on any atom is 0.417 e. The van der Waals surface area contributed by atoms with Crippen LogP contribution in [0, 0.1) is 10.1 Å². The number of benzene rings is 2. The topological polar surface area (TPSA) is 136 Å². The van der Waals surface area contributed by atoms with Crippen LogP contribution in [-0.4, -0.2) is 42.8 Å². The third-order valence-electron chi connectivity index (χ3n) is 5.02. The molecule has 1 fully saturated rings. The van der Waals surface area contributed by atoms with Gasteiger partial charge in [-0.05, 0) is 45.0 Å². The number of nitrogens with zero attached hydrogens (tertiary/aromatic N) is 2. The highest BCUT2D eigenvalue weighted by molar-refractivity contribution is 7.85. The van der Waals surface area contributed by atoms with Crippen molar-refractivity contribution in [2.45, 2.75) is 54.7 Å². The van der Waals surface area contributed by atoms with E-state index in [4.69, 9.17) is 9.47 Å². The second-order valence-corrected chi connectivity index (χ2v) is 9.81. The number of nitro benzene ring substituents is 1. The number of hydrogen-bond acceptors (Lipinski definition) is 8. The molecule has 0 aliphatic carbocycles. The number of carbonyl (C=O) groups is 2. The average Bonchev–Trinajstić information content (AvgIpc) is 3.20. The Balaban J connectivity index is 1.78. The molecule has 2 aromatic rings. The van der Waals surface area contributed by atoms with Crippen molar-refractivity contribution in [3.05, 3.63) is 52.1 Å². The van der Waals surface area contributed by atoms with Gasteiger partial charge in [0.2, 0.25) is 5.91 Å². The van der Waals surface area contributed by atoms with E-state index < -0.39 is 45.5 Å². The van der Waals surface area contributed by atoms with Gasteiger partial charge in [-0.15, -0.1) is 0 Å². The van der Waals surface area contributed by atoms with Gasteiger partial charge in [0, 0.05) is 22.6 Å². The van der Waals surface area contributed by atoms with Crippen LogP contribution in [0.1, 0.15) is 38.8 Å². The number of rotatable bonds is 3. The first-order valence-electron chi connectivity index (χ1n) is 9.71. The number of hydrogen-bond donors (Lipinski definition) is 1. The molecule has 1 saturated heterocycles. The van der Waals surface area contributed by atoms with Crippen LogP contribution in [0.3, 0.4) is 0 Å². The van der Waals surface area contributed by atoms with Crippen molar-refractivity contribution in [1.29, 1.82) is 0 Å². The number of carbonyl (C=O) groups excluding carboxylic acids is 2. The van der Waals surface area contributed by atoms with Crippen LogP contribution in [-0.2, 0) is 20.3 Å². The van der Waals surface area contributed by atoms with E-state index in [1.54, 1.807) is 20.8 Å². The summed E-state index contributed by atoms with van der Waals surface area (Å²) in [7, 11) is -1.97. The first-order chi connectivity index (χ1) is 15.0. The minimum Gasteiger partial charge on any atom is -0.507 e. The van der Waals surface area contributed by atoms with Crippen molar-refractivity contribution in [3.8, 4) is 11.5 Å². The predicted molar refractivity (Wildman–Crippen MR) is 111 cm³/mol. The third-order valence-corrected chi connectivity index (χ3v) is 6.52. The molecule has 2 amide bonds. The van der Waals surface area contributed by atoms with Gasteiger partial charge in [0.05, 0.1) is 27.0 Å². The number of aromatic hydroxyl groups is 1. The van der Waals surface area contributed by atoms with Gasteiger partial charge in [-0.3, -0.25) is 14.9 Å². The van der Waals surface area contributed by atoms with E-state index in [1.807, 2.05) is 0 Å². The maximum atomic E-state index is 13.4. The first-order valence-corrected chi connectivity index (χ1v) is 10.9. The van der Waals surface area contributed by atoms with Crippen LogP contribution in [0.5, 0.6) is 11.5 Å². The monoisotopic (exact) mass is 460 g/mol. The summed E-state index contributed by atoms with van der Waals surface area (Å²) in [4.78, 5) is 36.8. The SMILES string of the molecule is CC(C)(C)OC(=O)N1C(=O)C[C@H]2Oc3ccc(O)c([S@@](=O)c4ccc([N+](=O)[O-])cc4)c3[C@H]21. The molecule has 1 N–H and O–H groups in total. The van der Waals surface area contributed by atoms with Gasteiger partial charge in [-0.25, -0.2) is 13.9 Å². The number of ether oxygens (including phenoxy) is 2. The maximum absolute atomic E-state index is 13.4. The molecule has 0 spiro atoms. The van der Waals surface area contributed by atoms with Gasteiger partial charge in [0.1, 0.15) is 29.2 Å². The zero-order valence-electron chi connectivity index (χ0n) is 17.4. The number of fused-ring (bicyclic) bond motifs is 3. The zero-order chi connectivity index (χ0) is 23.4. The molecule has 2 heterocycles. The van der Waals surface area contributed by atoms with E-state index in [2.05, 4.69) is 0 Å². The Morgan fingerprint density at radius 1 is 1.25 bits per heavy atom. The van der Waals surface area contributed by atoms with Crippen LogP contribution in [0.25, 0.3) is 0 Å². The first kappa shape index (κ1) is 21.8. The van der Waals surface area contributed by atoms with E-state index in [-0.39, 0.29) is 33.2 Å². The Bertz CT molecular complexity index is 1160. The summed E-state index contributed by atoms with van der Waals surface area (Å²) >= 11 is 0. The Morgan fingerprint density at radius 3 is 2.50 bits per heavy atom. The minimum atomic E-state index is -1.97. The normalized spacial score (nSPS) is 20.3. The number of amides is 2. The van der Waals surface area contributed by atoms with E-state index in [1.165, 1.54) is 36.4 Å². The molecule has 0 radical (unpaired) electrons. The quantitative estimate of drug-likeness (QED) is 0.543. The van der Waals surface area contributed by atoms with Crippen molar-refractivity contribution in [2.75, 3.05) is 0 Å². The van der Waals surface area contributed by atoms with Crippen molar-refractivity contribution >= 4 is 28.5 Å². The van der Waals surface area contributed by atoms with Gasteiger partial charge in [0.25, 0.3) is 5.69 Å². The van der Waals surface area contributed by atoms with Gasteiger partial charge in [-0.1, -0.05) is 0 Å². The number of phenols is 1. The highest BCUT2D eigenvalue weighted by Gasteiger charge is 2.53. The molecule has 0 aromatic heterocycles. The number of phenolic OH excluding ortho intramolecular Hbond substituents is 1. The highest BCUT2D eigenvalue weighted by atomic mass is 32.2. The molecule has 2 aromatic carbocycles. The highest BCUT2D eigenvalue weighted by Crippen LogP contribution is 2.51. The van der Waals surface area contributed by atoms with Crippen LogP contribution < -0.4 is 4.74 Å². The summed E-state index contributed by atoms with van der Waals surface area (Å²) in [6, 6.07) is 6.95. The van der Waals surface area contributed by atoms with E-state index in [0.29, 0.717) is 5.75 Å². The van der Waals surface area contributed by atoms with Crippen LogP contribution in [0.2, 0.25) is 0 Å². The fourth-order valence-corrected chi connectivity index (χ4v) is 5.07. The van der Waals surface area contributed by atoms with Crippen LogP contribution >= 0.6 is 0 Å². The lowest BCUT2D eigenvalue weighted by molar-refractivity contribution is -0.384. The average molecular weight is 460 g/mol. The van der Waals surface area contributed by atoms with Crippen molar-refractivity contribution < 1.29 is 33.3 Å². The summed E-state index contributed by atoms with van der Waals surface area (Å²) in [6.07, 6.45) is -1.65. The molecule has 11 heteroatoms. The van der Waals surface area contributed by atoms with Crippen LogP contribution in [0.4, 0.5) is 10.5 Å². The molecule has 0 unspecified atom stereocenters. The summed E-state index contributed by atoms with van der Waals surface area (Å²) in [5.41, 5.74) is -0.765. The Kier molecular flexibility index (Phi) is 5.16. The number of imide groups is 1. The Hall–Kier alpha value is -3.47. The van der Waals surface area contributed by atoms with Gasteiger partial charge < -0.3 is 14.6 Å². The van der Waals surface area contributed by atoms with Crippen molar-refractivity contribution in [3.63, 3.8) is 0 Å². The van der Waals surface area contributed by atoms with E-state index in [0.717, 1.165) is 4.90 Å². The lowest BCUT2D eigenvalue weighted by atomic mass is 10.0. The van der Waals surface area contributed by atoms with Crippen LogP contribution in [0.15, 0.2) is 46.2 Å². The largest absolute Gasteiger partial charge is 0.507 e. The van der Waals surface area contributed by atoms with Crippen molar-refractivity contribution in [1.82, 2.24) is 4.90 Å². The van der Waals surface area contributed by atoms with Gasteiger partial charge in [0.15, 0.2) is 0 Å². The summed E-state index contributed by atoms with van der Waals surface area (Å²) in [6.45, 7) is 5.01. The summed E-state index contributed by atoms with van der Waals surface area (Å²) in [5, 5.41) is 21.5. The second-order valence-electron chi connectivity index (χ2n) is 8.39.